The molecule has 3 aromatic rings. The maximum atomic E-state index is 12.9. The van der Waals surface area contributed by atoms with Gasteiger partial charge in [-0.2, -0.15) is 0 Å². The second-order valence-electron chi connectivity index (χ2n) is 6.65. The zero-order valence-corrected chi connectivity index (χ0v) is 15.3. The minimum Gasteiger partial charge on any atom is -0.355 e. The largest absolute Gasteiger partial charge is 0.355 e. The number of rotatable bonds is 5. The van der Waals surface area contributed by atoms with Crippen molar-refractivity contribution in [1.82, 2.24) is 9.97 Å². The molecule has 1 amide bonds. The Morgan fingerprint density at radius 1 is 1.04 bits per heavy atom. The van der Waals surface area contributed by atoms with E-state index < -0.39 is 0 Å². The number of hydrogen-bond acceptors (Lipinski definition) is 4. The van der Waals surface area contributed by atoms with Crippen molar-refractivity contribution in [2.45, 2.75) is 6.92 Å². The number of aromatic nitrogens is 2. The molecular weight excluding hydrogens is 336 g/mol. The molecule has 1 aromatic heterocycles. The quantitative estimate of drug-likeness (QED) is 0.699. The SMILES string of the molecule is CCN(C(=O)C1CN(c2cc(-c3ccccc3)ncn2)C1)c1ccccc1. The zero-order valence-electron chi connectivity index (χ0n) is 15.3. The Labute approximate surface area is 159 Å². The Kier molecular flexibility index (Phi) is 4.83. The zero-order chi connectivity index (χ0) is 18.6. The smallest absolute Gasteiger partial charge is 0.233 e. The van der Waals surface area contributed by atoms with Gasteiger partial charge in [0, 0.05) is 37.0 Å². The Morgan fingerprint density at radius 3 is 2.37 bits per heavy atom. The van der Waals surface area contributed by atoms with Crippen LogP contribution in [0.4, 0.5) is 11.5 Å². The van der Waals surface area contributed by atoms with Crippen LogP contribution < -0.4 is 9.80 Å². The van der Waals surface area contributed by atoms with Gasteiger partial charge < -0.3 is 9.80 Å². The monoisotopic (exact) mass is 358 g/mol. The molecule has 2 heterocycles. The average molecular weight is 358 g/mol. The Balaban J connectivity index is 1.44. The highest BCUT2D eigenvalue weighted by Crippen LogP contribution is 2.28. The van der Waals surface area contributed by atoms with Crippen molar-refractivity contribution in [3.63, 3.8) is 0 Å². The molecule has 5 heteroatoms. The van der Waals surface area contributed by atoms with Gasteiger partial charge in [-0.05, 0) is 19.1 Å². The van der Waals surface area contributed by atoms with E-state index in [1.54, 1.807) is 6.33 Å². The molecule has 0 saturated carbocycles. The number of carbonyl (C=O) groups is 1. The van der Waals surface area contributed by atoms with Gasteiger partial charge >= 0.3 is 0 Å². The van der Waals surface area contributed by atoms with Crippen molar-refractivity contribution >= 4 is 17.4 Å². The fourth-order valence-electron chi connectivity index (χ4n) is 3.40. The van der Waals surface area contributed by atoms with E-state index in [2.05, 4.69) is 14.9 Å². The fourth-order valence-corrected chi connectivity index (χ4v) is 3.40. The molecule has 0 N–H and O–H groups in total. The molecule has 27 heavy (non-hydrogen) atoms. The lowest BCUT2D eigenvalue weighted by atomic mass is 9.97. The number of para-hydroxylation sites is 1. The third kappa shape index (κ3) is 3.53. The third-order valence-electron chi connectivity index (χ3n) is 4.93. The minimum atomic E-state index is 0.000275. The summed E-state index contributed by atoms with van der Waals surface area (Å²) in [7, 11) is 0. The van der Waals surface area contributed by atoms with E-state index in [0.717, 1.165) is 22.8 Å². The van der Waals surface area contributed by atoms with E-state index in [4.69, 9.17) is 0 Å². The van der Waals surface area contributed by atoms with Crippen LogP contribution in [0.1, 0.15) is 6.92 Å². The molecule has 0 bridgehead atoms. The molecule has 0 aliphatic carbocycles. The van der Waals surface area contributed by atoms with Crippen LogP contribution in [0.2, 0.25) is 0 Å². The number of nitrogens with zero attached hydrogens (tertiary/aromatic N) is 4. The summed E-state index contributed by atoms with van der Waals surface area (Å²) in [4.78, 5) is 25.6. The Bertz CT molecular complexity index is 908. The molecule has 5 nitrogen and oxygen atoms in total. The van der Waals surface area contributed by atoms with Gasteiger partial charge in [0.15, 0.2) is 0 Å². The summed E-state index contributed by atoms with van der Waals surface area (Å²) in [6.45, 7) is 4.06. The first kappa shape index (κ1) is 17.2. The van der Waals surface area contributed by atoms with Crippen LogP contribution in [0, 0.1) is 5.92 Å². The first-order valence-electron chi connectivity index (χ1n) is 9.25. The van der Waals surface area contributed by atoms with Gasteiger partial charge in [-0.15, -0.1) is 0 Å². The second kappa shape index (κ2) is 7.58. The predicted molar refractivity (Wildman–Crippen MR) is 108 cm³/mol. The normalized spacial score (nSPS) is 13.9. The summed E-state index contributed by atoms with van der Waals surface area (Å²) >= 11 is 0. The van der Waals surface area contributed by atoms with Crippen LogP contribution in [-0.2, 0) is 4.79 Å². The first-order valence-corrected chi connectivity index (χ1v) is 9.25. The molecule has 1 aliphatic heterocycles. The standard InChI is InChI=1S/C22H22N4O/c1-2-26(19-11-7-4-8-12-19)22(27)18-14-25(15-18)21-13-20(23-16-24-21)17-9-5-3-6-10-17/h3-13,16,18H,2,14-15H2,1H3. The van der Waals surface area contributed by atoms with Gasteiger partial charge in [0.2, 0.25) is 5.91 Å². The summed E-state index contributed by atoms with van der Waals surface area (Å²) in [6, 6.07) is 21.9. The highest BCUT2D eigenvalue weighted by molar-refractivity contribution is 5.96. The molecule has 0 radical (unpaired) electrons. The summed E-state index contributed by atoms with van der Waals surface area (Å²) in [5.41, 5.74) is 2.92. The van der Waals surface area contributed by atoms with Crippen molar-refractivity contribution in [2.24, 2.45) is 5.92 Å². The first-order chi connectivity index (χ1) is 13.3. The van der Waals surface area contributed by atoms with Crippen molar-refractivity contribution < 1.29 is 4.79 Å². The Morgan fingerprint density at radius 2 is 1.70 bits per heavy atom. The van der Waals surface area contributed by atoms with Gasteiger partial charge in [0.25, 0.3) is 0 Å². The molecular formula is C22H22N4O. The van der Waals surface area contributed by atoms with Gasteiger partial charge in [-0.3, -0.25) is 4.79 Å². The van der Waals surface area contributed by atoms with Gasteiger partial charge in [0.05, 0.1) is 11.6 Å². The lowest BCUT2D eigenvalue weighted by Gasteiger charge is -2.41. The lowest BCUT2D eigenvalue weighted by molar-refractivity contribution is -0.123. The number of benzene rings is 2. The van der Waals surface area contributed by atoms with Crippen LogP contribution in [0.5, 0.6) is 0 Å². The van der Waals surface area contributed by atoms with E-state index in [1.165, 1.54) is 0 Å². The van der Waals surface area contributed by atoms with Crippen LogP contribution in [0.15, 0.2) is 73.1 Å². The highest BCUT2D eigenvalue weighted by atomic mass is 16.2. The van der Waals surface area contributed by atoms with E-state index in [1.807, 2.05) is 78.6 Å². The summed E-state index contributed by atoms with van der Waals surface area (Å²) in [5, 5.41) is 0. The maximum Gasteiger partial charge on any atom is 0.233 e. The molecule has 0 spiro atoms. The third-order valence-corrected chi connectivity index (χ3v) is 4.93. The van der Waals surface area contributed by atoms with Crippen molar-refractivity contribution in [1.29, 1.82) is 0 Å². The summed E-state index contributed by atoms with van der Waals surface area (Å²) in [6.07, 6.45) is 1.59. The van der Waals surface area contributed by atoms with E-state index in [9.17, 15) is 4.79 Å². The van der Waals surface area contributed by atoms with E-state index in [0.29, 0.717) is 19.6 Å². The number of hydrogen-bond donors (Lipinski definition) is 0. The molecule has 4 rings (SSSR count). The lowest BCUT2D eigenvalue weighted by Crippen LogP contribution is -2.55. The molecule has 1 fully saturated rings. The van der Waals surface area contributed by atoms with E-state index in [-0.39, 0.29) is 11.8 Å². The topological polar surface area (TPSA) is 49.3 Å². The van der Waals surface area contributed by atoms with Crippen LogP contribution >= 0.6 is 0 Å². The minimum absolute atomic E-state index is 0.000275. The van der Waals surface area contributed by atoms with Gasteiger partial charge in [-0.25, -0.2) is 9.97 Å². The predicted octanol–water partition coefficient (Wildman–Crippen LogP) is 3.63. The molecule has 2 aromatic carbocycles. The molecule has 1 aliphatic rings. The number of amides is 1. The summed E-state index contributed by atoms with van der Waals surface area (Å²) in [5.74, 6) is 1.05. The van der Waals surface area contributed by atoms with Gasteiger partial charge in [0.1, 0.15) is 12.1 Å². The molecule has 136 valence electrons. The highest BCUT2D eigenvalue weighted by Gasteiger charge is 2.36. The van der Waals surface area contributed by atoms with E-state index >= 15 is 0 Å². The van der Waals surface area contributed by atoms with Crippen LogP contribution in [0.3, 0.4) is 0 Å². The Hall–Kier alpha value is -3.21. The average Bonchev–Trinajstić information content (AvgIpc) is 2.69. The molecule has 0 unspecified atom stereocenters. The maximum absolute atomic E-state index is 12.9. The van der Waals surface area contributed by atoms with Gasteiger partial charge in [-0.1, -0.05) is 48.5 Å². The molecule has 1 saturated heterocycles. The van der Waals surface area contributed by atoms with Crippen LogP contribution in [0.25, 0.3) is 11.3 Å². The van der Waals surface area contributed by atoms with Crippen molar-refractivity contribution in [3.8, 4) is 11.3 Å². The number of anilines is 2. The fraction of sp³-hybridized carbons (Fsp3) is 0.227. The summed E-state index contributed by atoms with van der Waals surface area (Å²) < 4.78 is 0. The van der Waals surface area contributed by atoms with Crippen molar-refractivity contribution in [2.75, 3.05) is 29.4 Å². The second-order valence-corrected chi connectivity index (χ2v) is 6.65. The molecule has 0 atom stereocenters. The van der Waals surface area contributed by atoms with Crippen molar-refractivity contribution in [3.05, 3.63) is 73.1 Å². The number of carbonyl (C=O) groups excluding carboxylic acids is 1. The van der Waals surface area contributed by atoms with Crippen LogP contribution in [-0.4, -0.2) is 35.5 Å².